The van der Waals surface area contributed by atoms with Crippen LogP contribution in [0.3, 0.4) is 0 Å². The van der Waals surface area contributed by atoms with Crippen molar-refractivity contribution in [3.63, 3.8) is 0 Å². The maximum Gasteiger partial charge on any atom is 0.289 e. The Bertz CT molecular complexity index is 1000. The molecule has 0 unspecified atom stereocenters. The first-order valence-corrected chi connectivity index (χ1v) is 9.43. The molecule has 2 aromatic heterocycles. The molecular weight excluding hydrogens is 374 g/mol. The second kappa shape index (κ2) is 6.97. The molecule has 142 valence electrons. The number of carbonyl (C=O) groups excluding carboxylic acids is 1. The van der Waals surface area contributed by atoms with Crippen molar-refractivity contribution in [1.82, 2.24) is 20.1 Å². The number of aliphatic hydroxyl groups excluding tert-OH is 1. The molecule has 1 saturated heterocycles. The molecule has 0 radical (unpaired) electrons. The van der Waals surface area contributed by atoms with Gasteiger partial charge in [-0.25, -0.2) is 13.8 Å². The van der Waals surface area contributed by atoms with Crippen LogP contribution in [0.4, 0.5) is 8.78 Å². The largest absolute Gasteiger partial charge is 0.396 e. The predicted molar refractivity (Wildman–Crippen MR) is 97.7 cm³/mol. The molecule has 27 heavy (non-hydrogen) atoms. The van der Waals surface area contributed by atoms with Gasteiger partial charge in [0.2, 0.25) is 5.91 Å². The van der Waals surface area contributed by atoms with E-state index >= 15 is 0 Å². The molecule has 1 aliphatic heterocycles. The van der Waals surface area contributed by atoms with E-state index in [-0.39, 0.29) is 29.4 Å². The topological polar surface area (TPSA) is 80.0 Å². The van der Waals surface area contributed by atoms with Gasteiger partial charge in [-0.05, 0) is 23.6 Å². The summed E-state index contributed by atoms with van der Waals surface area (Å²) in [6, 6.07) is 3.69. The number of carbonyl (C=O) groups is 1. The first kappa shape index (κ1) is 18.0. The molecule has 6 nitrogen and oxygen atoms in total. The average molecular weight is 392 g/mol. The Labute approximate surface area is 157 Å². The smallest absolute Gasteiger partial charge is 0.289 e. The third-order valence-electron chi connectivity index (χ3n) is 4.95. The zero-order valence-corrected chi connectivity index (χ0v) is 15.3. The number of amides is 1. The Kier molecular flexibility index (Phi) is 4.65. The fraction of sp³-hybridized carbons (Fsp3) is 0.389. The van der Waals surface area contributed by atoms with Gasteiger partial charge in [-0.15, -0.1) is 11.3 Å². The highest BCUT2D eigenvalue weighted by Gasteiger charge is 2.31. The molecule has 4 rings (SSSR count). The highest BCUT2D eigenvalue weighted by molar-refractivity contribution is 7.10. The van der Waals surface area contributed by atoms with E-state index in [1.54, 1.807) is 17.1 Å². The van der Waals surface area contributed by atoms with Gasteiger partial charge in [-0.3, -0.25) is 9.48 Å². The summed E-state index contributed by atoms with van der Waals surface area (Å²) in [6.07, 6.45) is -0.390. The van der Waals surface area contributed by atoms with Gasteiger partial charge in [-0.1, -0.05) is 0 Å². The molecule has 1 fully saturated rings. The van der Waals surface area contributed by atoms with E-state index in [0.717, 1.165) is 22.3 Å². The normalized spacial score (nSPS) is 18.4. The minimum atomic E-state index is -2.61. The lowest BCUT2D eigenvalue weighted by molar-refractivity contribution is -0.119. The number of rotatable bonds is 5. The molecule has 0 saturated carbocycles. The van der Waals surface area contributed by atoms with E-state index < -0.39 is 6.43 Å². The first-order chi connectivity index (χ1) is 13.0. The van der Waals surface area contributed by atoms with Crippen molar-refractivity contribution in [3.05, 3.63) is 34.3 Å². The zero-order valence-electron chi connectivity index (χ0n) is 14.5. The van der Waals surface area contributed by atoms with E-state index in [2.05, 4.69) is 15.4 Å². The second-order valence-corrected chi connectivity index (χ2v) is 7.62. The summed E-state index contributed by atoms with van der Waals surface area (Å²) >= 11 is 0.918. The van der Waals surface area contributed by atoms with Gasteiger partial charge in [0.15, 0.2) is 5.01 Å². The number of hydrogen-bond acceptors (Lipinski definition) is 5. The van der Waals surface area contributed by atoms with E-state index in [9.17, 15) is 18.7 Å². The van der Waals surface area contributed by atoms with Crippen LogP contribution < -0.4 is 5.32 Å². The van der Waals surface area contributed by atoms with Crippen molar-refractivity contribution in [2.75, 3.05) is 13.2 Å². The van der Waals surface area contributed by atoms with Gasteiger partial charge < -0.3 is 10.4 Å². The molecule has 9 heteroatoms. The van der Waals surface area contributed by atoms with Crippen molar-refractivity contribution < 1.29 is 18.7 Å². The highest BCUT2D eigenvalue weighted by atomic mass is 32.1. The van der Waals surface area contributed by atoms with E-state index in [1.165, 1.54) is 0 Å². The monoisotopic (exact) mass is 392 g/mol. The standard InChI is InChI=1S/C18H18F2N4O2S/c1-24-6-12-11(13(7-25)10-4-16(26)21-5-10)2-9(3-14(12)23-24)15-8-27-18(22-15)17(19)20/h2-3,6,8,10,13,17,25H,4-5,7H2,1H3,(H,21,26)/t10-,13+/m0/s1. The number of benzene rings is 1. The molecule has 1 aromatic carbocycles. The number of aryl methyl sites for hydroxylation is 1. The summed E-state index contributed by atoms with van der Waals surface area (Å²) in [7, 11) is 1.80. The van der Waals surface area contributed by atoms with Gasteiger partial charge in [0.1, 0.15) is 0 Å². The number of hydrogen-bond donors (Lipinski definition) is 2. The van der Waals surface area contributed by atoms with Crippen LogP contribution in [0, 0.1) is 5.92 Å². The quantitative estimate of drug-likeness (QED) is 0.700. The van der Waals surface area contributed by atoms with Crippen molar-refractivity contribution in [1.29, 1.82) is 0 Å². The Balaban J connectivity index is 1.83. The molecule has 2 N–H and O–H groups in total. The minimum Gasteiger partial charge on any atom is -0.396 e. The van der Waals surface area contributed by atoms with Crippen LogP contribution in [0.15, 0.2) is 23.7 Å². The number of halogens is 2. The van der Waals surface area contributed by atoms with Gasteiger partial charge in [0.25, 0.3) is 6.43 Å². The number of nitrogens with zero attached hydrogens (tertiary/aromatic N) is 3. The number of nitrogens with one attached hydrogen (secondary N) is 1. The van der Waals surface area contributed by atoms with Crippen LogP contribution >= 0.6 is 11.3 Å². The van der Waals surface area contributed by atoms with Crippen LogP contribution in [0.25, 0.3) is 22.2 Å². The third-order valence-corrected chi connectivity index (χ3v) is 5.80. The predicted octanol–water partition coefficient (Wildman–Crippen LogP) is 2.85. The van der Waals surface area contributed by atoms with Crippen molar-refractivity contribution in [3.8, 4) is 11.3 Å². The number of thiazole rings is 1. The second-order valence-electron chi connectivity index (χ2n) is 6.73. The molecule has 0 spiro atoms. The lowest BCUT2D eigenvalue weighted by Gasteiger charge is -2.21. The number of aliphatic hydroxyl groups is 1. The van der Waals surface area contributed by atoms with E-state index in [1.807, 2.05) is 18.3 Å². The SMILES string of the molecule is Cn1cc2c([C@H](CO)[C@@H]3CNC(=O)C3)cc(-c3csc(C(F)F)n3)cc2n1. The molecule has 0 bridgehead atoms. The summed E-state index contributed by atoms with van der Waals surface area (Å²) < 4.78 is 27.5. The Morgan fingerprint density at radius 3 is 2.89 bits per heavy atom. The maximum atomic E-state index is 12.9. The van der Waals surface area contributed by atoms with E-state index in [4.69, 9.17) is 0 Å². The Morgan fingerprint density at radius 1 is 1.44 bits per heavy atom. The molecule has 3 heterocycles. The lowest BCUT2D eigenvalue weighted by Crippen LogP contribution is -2.20. The molecule has 1 amide bonds. The van der Waals surface area contributed by atoms with Gasteiger partial charge in [0.05, 0.1) is 17.8 Å². The van der Waals surface area contributed by atoms with Crippen LogP contribution in [-0.4, -0.2) is 38.9 Å². The van der Waals surface area contributed by atoms with Crippen LogP contribution in [0.5, 0.6) is 0 Å². The van der Waals surface area contributed by atoms with Crippen LogP contribution in [-0.2, 0) is 11.8 Å². The first-order valence-electron chi connectivity index (χ1n) is 8.55. The molecular formula is C18H18F2N4O2S. The minimum absolute atomic E-state index is 0.0295. The van der Waals surface area contributed by atoms with Crippen molar-refractivity contribution >= 4 is 28.1 Å². The number of fused-ring (bicyclic) bond motifs is 1. The number of aromatic nitrogens is 3. The Morgan fingerprint density at radius 2 is 2.26 bits per heavy atom. The summed E-state index contributed by atoms with van der Waals surface area (Å²) in [5, 5.41) is 19.6. The van der Waals surface area contributed by atoms with Crippen LogP contribution in [0.1, 0.15) is 29.3 Å². The average Bonchev–Trinajstić information content (AvgIpc) is 3.34. The molecule has 2 atom stereocenters. The van der Waals surface area contributed by atoms with Gasteiger partial charge in [-0.2, -0.15) is 5.10 Å². The fourth-order valence-corrected chi connectivity index (χ4v) is 4.33. The fourth-order valence-electron chi connectivity index (χ4n) is 3.66. The lowest BCUT2D eigenvalue weighted by atomic mass is 9.83. The molecule has 1 aliphatic rings. The molecule has 0 aliphatic carbocycles. The van der Waals surface area contributed by atoms with Crippen molar-refractivity contribution in [2.24, 2.45) is 13.0 Å². The number of alkyl halides is 2. The molecule has 3 aromatic rings. The van der Waals surface area contributed by atoms with Crippen molar-refractivity contribution in [2.45, 2.75) is 18.8 Å². The van der Waals surface area contributed by atoms with Gasteiger partial charge in [0, 0.05) is 48.5 Å². The van der Waals surface area contributed by atoms with Gasteiger partial charge >= 0.3 is 0 Å². The Hall–Kier alpha value is -2.39. The zero-order chi connectivity index (χ0) is 19.1. The summed E-state index contributed by atoms with van der Waals surface area (Å²) in [4.78, 5) is 15.7. The maximum absolute atomic E-state index is 12.9. The highest BCUT2D eigenvalue weighted by Crippen LogP contribution is 2.37. The van der Waals surface area contributed by atoms with Crippen LogP contribution in [0.2, 0.25) is 0 Å². The summed E-state index contributed by atoms with van der Waals surface area (Å²) in [6.45, 7) is 0.384. The third kappa shape index (κ3) is 3.32. The summed E-state index contributed by atoms with van der Waals surface area (Å²) in [5.74, 6) is -0.324. The summed E-state index contributed by atoms with van der Waals surface area (Å²) in [5.41, 5.74) is 2.69. The van der Waals surface area contributed by atoms with E-state index in [0.29, 0.717) is 29.7 Å².